The minimum atomic E-state index is -0.407. The molecular weight excluding hydrogens is 447 g/mol. The largest absolute Gasteiger partial charge is 0.497 e. The smallest absolute Gasteiger partial charge is 0.278 e. The number of ether oxygens (including phenoxy) is 1. The normalized spacial score (nSPS) is 13.7. The summed E-state index contributed by atoms with van der Waals surface area (Å²) in [5.41, 5.74) is 3.47. The van der Waals surface area contributed by atoms with Crippen molar-refractivity contribution in [2.24, 2.45) is 0 Å². The van der Waals surface area contributed by atoms with E-state index in [0.29, 0.717) is 32.6 Å². The first-order valence-corrected chi connectivity index (χ1v) is 10.7. The van der Waals surface area contributed by atoms with Gasteiger partial charge >= 0.3 is 0 Å². The SMILES string of the molecule is COc1ccc(C2=C(Nc3cc(Cl)ccc3C)C(=O)N(Cc3ccc(Cl)cc3)C2=O)cc1. The summed E-state index contributed by atoms with van der Waals surface area (Å²) in [5, 5.41) is 4.28. The minimum absolute atomic E-state index is 0.133. The first kappa shape index (κ1) is 21.9. The molecule has 32 heavy (non-hydrogen) atoms. The molecule has 4 rings (SSSR count). The van der Waals surface area contributed by atoms with E-state index >= 15 is 0 Å². The van der Waals surface area contributed by atoms with Gasteiger partial charge in [0.1, 0.15) is 11.4 Å². The van der Waals surface area contributed by atoms with Gasteiger partial charge in [0.05, 0.1) is 19.2 Å². The van der Waals surface area contributed by atoms with Gasteiger partial charge in [-0.1, -0.05) is 53.5 Å². The Morgan fingerprint density at radius 3 is 2.19 bits per heavy atom. The maximum atomic E-state index is 13.4. The molecule has 0 radical (unpaired) electrons. The lowest BCUT2D eigenvalue weighted by atomic mass is 10.0. The molecule has 0 spiro atoms. The Kier molecular flexibility index (Phi) is 6.21. The Balaban J connectivity index is 1.76. The quantitative estimate of drug-likeness (QED) is 0.473. The number of imide groups is 1. The molecule has 0 saturated heterocycles. The monoisotopic (exact) mass is 466 g/mol. The molecular formula is C25H20Cl2N2O3. The number of nitrogens with one attached hydrogen (secondary N) is 1. The van der Waals surface area contributed by atoms with Gasteiger partial charge in [-0.15, -0.1) is 0 Å². The molecule has 0 aromatic heterocycles. The number of carbonyl (C=O) groups excluding carboxylic acids is 2. The summed E-state index contributed by atoms with van der Waals surface area (Å²) in [6.07, 6.45) is 0. The van der Waals surface area contributed by atoms with Gasteiger partial charge in [-0.3, -0.25) is 14.5 Å². The first-order valence-electron chi connectivity index (χ1n) is 9.90. The maximum Gasteiger partial charge on any atom is 0.278 e. The van der Waals surface area contributed by atoms with E-state index in [4.69, 9.17) is 27.9 Å². The maximum absolute atomic E-state index is 13.4. The van der Waals surface area contributed by atoms with Crippen LogP contribution in [0.25, 0.3) is 5.57 Å². The fraction of sp³-hybridized carbons (Fsp3) is 0.120. The molecule has 0 aliphatic carbocycles. The van der Waals surface area contributed by atoms with E-state index in [-0.39, 0.29) is 18.1 Å². The van der Waals surface area contributed by atoms with Gasteiger partial charge in [-0.05, 0) is 60.0 Å². The van der Waals surface area contributed by atoms with E-state index in [1.54, 1.807) is 67.8 Å². The second-order valence-corrected chi connectivity index (χ2v) is 8.26. The van der Waals surface area contributed by atoms with Crippen LogP contribution in [0.1, 0.15) is 16.7 Å². The number of carbonyl (C=O) groups is 2. The molecule has 1 N–H and O–H groups in total. The van der Waals surface area contributed by atoms with Gasteiger partial charge in [-0.2, -0.15) is 0 Å². The molecule has 5 nitrogen and oxygen atoms in total. The number of hydrogen-bond acceptors (Lipinski definition) is 4. The van der Waals surface area contributed by atoms with Crippen LogP contribution in [0.5, 0.6) is 5.75 Å². The van der Waals surface area contributed by atoms with Gasteiger partial charge in [-0.25, -0.2) is 0 Å². The lowest BCUT2D eigenvalue weighted by molar-refractivity contribution is -0.137. The van der Waals surface area contributed by atoms with E-state index in [2.05, 4.69) is 5.32 Å². The van der Waals surface area contributed by atoms with Gasteiger partial charge in [0, 0.05) is 15.7 Å². The third-order valence-electron chi connectivity index (χ3n) is 5.26. The summed E-state index contributed by atoms with van der Waals surface area (Å²) >= 11 is 12.1. The third-order valence-corrected chi connectivity index (χ3v) is 5.75. The highest BCUT2D eigenvalue weighted by molar-refractivity contribution is 6.36. The van der Waals surface area contributed by atoms with Crippen molar-refractivity contribution in [3.8, 4) is 5.75 Å². The molecule has 0 unspecified atom stereocenters. The van der Waals surface area contributed by atoms with Crippen molar-refractivity contribution >= 4 is 46.3 Å². The second-order valence-electron chi connectivity index (χ2n) is 7.39. The van der Waals surface area contributed by atoms with E-state index in [9.17, 15) is 9.59 Å². The fourth-order valence-corrected chi connectivity index (χ4v) is 3.80. The van der Waals surface area contributed by atoms with Crippen molar-refractivity contribution in [1.29, 1.82) is 0 Å². The van der Waals surface area contributed by atoms with Crippen molar-refractivity contribution in [1.82, 2.24) is 4.90 Å². The van der Waals surface area contributed by atoms with Crippen LogP contribution >= 0.6 is 23.2 Å². The summed E-state index contributed by atoms with van der Waals surface area (Å²) in [5.74, 6) is -0.128. The number of amides is 2. The minimum Gasteiger partial charge on any atom is -0.497 e. The van der Waals surface area contributed by atoms with E-state index in [0.717, 1.165) is 11.1 Å². The van der Waals surface area contributed by atoms with E-state index in [1.165, 1.54) is 4.90 Å². The van der Waals surface area contributed by atoms with Crippen LogP contribution in [0, 0.1) is 6.92 Å². The number of nitrogens with zero attached hydrogens (tertiary/aromatic N) is 1. The average molecular weight is 467 g/mol. The number of hydrogen-bond donors (Lipinski definition) is 1. The molecule has 2 amide bonds. The Morgan fingerprint density at radius 2 is 1.53 bits per heavy atom. The standard InChI is InChI=1S/C25H20Cl2N2O3/c1-15-3-8-19(27)13-21(15)28-23-22(17-6-11-20(32-2)12-7-17)24(30)29(25(23)31)14-16-4-9-18(26)10-5-16/h3-13,28H,14H2,1-2H3. The summed E-state index contributed by atoms with van der Waals surface area (Å²) in [4.78, 5) is 28.0. The molecule has 7 heteroatoms. The van der Waals surface area contributed by atoms with Gasteiger partial charge in [0.25, 0.3) is 11.8 Å². The molecule has 1 aliphatic rings. The van der Waals surface area contributed by atoms with Crippen molar-refractivity contribution < 1.29 is 14.3 Å². The highest BCUT2D eigenvalue weighted by Crippen LogP contribution is 2.33. The number of halogens is 2. The number of benzene rings is 3. The van der Waals surface area contributed by atoms with Gasteiger partial charge in [0.2, 0.25) is 0 Å². The Hall–Kier alpha value is -3.28. The second kappa shape index (κ2) is 9.07. The van der Waals surface area contributed by atoms with Crippen LogP contribution in [0.3, 0.4) is 0 Å². The van der Waals surface area contributed by atoms with Crippen LogP contribution in [-0.4, -0.2) is 23.8 Å². The lowest BCUT2D eigenvalue weighted by Gasteiger charge is -2.16. The Morgan fingerprint density at radius 1 is 0.875 bits per heavy atom. The van der Waals surface area contributed by atoms with Gasteiger partial charge < -0.3 is 10.1 Å². The van der Waals surface area contributed by atoms with Crippen molar-refractivity contribution in [3.05, 3.63) is 99.2 Å². The molecule has 3 aromatic rings. The zero-order chi connectivity index (χ0) is 22.8. The highest BCUT2D eigenvalue weighted by atomic mass is 35.5. The number of methoxy groups -OCH3 is 1. The molecule has 0 saturated carbocycles. The molecule has 0 atom stereocenters. The third kappa shape index (κ3) is 4.35. The predicted octanol–water partition coefficient (Wildman–Crippen LogP) is 5.70. The average Bonchev–Trinajstić information content (AvgIpc) is 3.02. The molecule has 0 bridgehead atoms. The van der Waals surface area contributed by atoms with E-state index < -0.39 is 5.91 Å². The molecule has 3 aromatic carbocycles. The van der Waals surface area contributed by atoms with Crippen LogP contribution in [-0.2, 0) is 16.1 Å². The number of anilines is 1. The predicted molar refractivity (Wildman–Crippen MR) is 127 cm³/mol. The highest BCUT2D eigenvalue weighted by Gasteiger charge is 2.39. The topological polar surface area (TPSA) is 58.6 Å². The van der Waals surface area contributed by atoms with Crippen molar-refractivity contribution in [2.75, 3.05) is 12.4 Å². The lowest BCUT2D eigenvalue weighted by Crippen LogP contribution is -2.32. The van der Waals surface area contributed by atoms with Crippen LogP contribution in [0.4, 0.5) is 5.69 Å². The van der Waals surface area contributed by atoms with Crippen LogP contribution in [0.15, 0.2) is 72.4 Å². The molecule has 0 fully saturated rings. The summed E-state index contributed by atoms with van der Waals surface area (Å²) in [6.45, 7) is 2.03. The molecule has 1 aliphatic heterocycles. The fourth-order valence-electron chi connectivity index (χ4n) is 3.50. The number of aryl methyl sites for hydroxylation is 1. The number of rotatable bonds is 6. The summed E-state index contributed by atoms with van der Waals surface area (Å²) in [7, 11) is 1.57. The van der Waals surface area contributed by atoms with Crippen LogP contribution < -0.4 is 10.1 Å². The summed E-state index contributed by atoms with van der Waals surface area (Å²) in [6, 6.07) is 19.4. The van der Waals surface area contributed by atoms with Crippen molar-refractivity contribution in [3.63, 3.8) is 0 Å². The Bertz CT molecular complexity index is 1220. The first-order chi connectivity index (χ1) is 15.4. The molecule has 1 heterocycles. The molecule has 162 valence electrons. The Labute approximate surface area is 196 Å². The van der Waals surface area contributed by atoms with Gasteiger partial charge in [0.15, 0.2) is 0 Å². The zero-order valence-corrected chi connectivity index (χ0v) is 19.0. The zero-order valence-electron chi connectivity index (χ0n) is 17.5. The van der Waals surface area contributed by atoms with E-state index in [1.807, 2.05) is 13.0 Å². The van der Waals surface area contributed by atoms with Crippen LogP contribution in [0.2, 0.25) is 10.0 Å². The summed E-state index contributed by atoms with van der Waals surface area (Å²) < 4.78 is 5.22. The van der Waals surface area contributed by atoms with Crippen molar-refractivity contribution in [2.45, 2.75) is 13.5 Å².